The summed E-state index contributed by atoms with van der Waals surface area (Å²) in [6.45, 7) is 5.68. The highest BCUT2D eigenvalue weighted by molar-refractivity contribution is 7.99. The van der Waals surface area contributed by atoms with Crippen molar-refractivity contribution in [1.82, 2.24) is 15.4 Å². The SMILES string of the molecule is CCOc1cc(/C=N\NC(=O)CSc2nc(C)cc(C)n2)cc(Cl)c1OCC(=O)Nc1ccccc1. The monoisotopic (exact) mass is 527 g/mol. The fourth-order valence-electron chi connectivity index (χ4n) is 3.02. The van der Waals surface area contributed by atoms with E-state index in [2.05, 4.69) is 25.8 Å². The molecule has 0 spiro atoms. The van der Waals surface area contributed by atoms with E-state index < -0.39 is 0 Å². The molecule has 3 aromatic rings. The summed E-state index contributed by atoms with van der Waals surface area (Å²) in [5, 5.41) is 7.50. The van der Waals surface area contributed by atoms with Crippen LogP contribution in [0.15, 0.2) is 58.8 Å². The number of para-hydroxylation sites is 1. The van der Waals surface area contributed by atoms with Crippen molar-refractivity contribution in [3.63, 3.8) is 0 Å². The second-order valence-corrected chi connectivity index (χ2v) is 8.83. The molecule has 188 valence electrons. The number of halogens is 1. The second kappa shape index (κ2) is 13.5. The van der Waals surface area contributed by atoms with Crippen molar-refractivity contribution < 1.29 is 19.1 Å². The minimum absolute atomic E-state index is 0.114. The number of rotatable bonds is 11. The van der Waals surface area contributed by atoms with Crippen LogP contribution in [-0.4, -0.2) is 47.0 Å². The zero-order chi connectivity index (χ0) is 25.9. The maximum absolute atomic E-state index is 12.2. The number of amides is 2. The fraction of sp³-hybridized carbons (Fsp3) is 0.240. The minimum Gasteiger partial charge on any atom is -0.490 e. The van der Waals surface area contributed by atoms with E-state index in [1.54, 1.807) is 24.3 Å². The Bertz CT molecular complexity index is 1220. The van der Waals surface area contributed by atoms with Gasteiger partial charge < -0.3 is 14.8 Å². The molecule has 2 amide bonds. The molecular formula is C25H26ClN5O4S. The van der Waals surface area contributed by atoms with Gasteiger partial charge in [-0.2, -0.15) is 5.10 Å². The van der Waals surface area contributed by atoms with E-state index in [4.69, 9.17) is 21.1 Å². The molecule has 0 radical (unpaired) electrons. The number of nitrogens with one attached hydrogen (secondary N) is 2. The predicted octanol–water partition coefficient (Wildman–Crippen LogP) is 4.41. The number of carbonyl (C=O) groups is 2. The molecule has 0 aliphatic rings. The van der Waals surface area contributed by atoms with Gasteiger partial charge in [-0.05, 0) is 56.7 Å². The van der Waals surface area contributed by atoms with Crippen molar-refractivity contribution in [3.05, 3.63) is 70.5 Å². The Morgan fingerprint density at radius 1 is 1.06 bits per heavy atom. The summed E-state index contributed by atoms with van der Waals surface area (Å²) in [5.41, 5.74) is 5.39. The highest BCUT2D eigenvalue weighted by Crippen LogP contribution is 2.36. The van der Waals surface area contributed by atoms with Gasteiger partial charge in [0.1, 0.15) is 0 Å². The molecule has 0 aliphatic heterocycles. The third-order valence-electron chi connectivity index (χ3n) is 4.43. The predicted molar refractivity (Wildman–Crippen MR) is 141 cm³/mol. The van der Waals surface area contributed by atoms with Crippen LogP contribution in [0.5, 0.6) is 11.5 Å². The van der Waals surface area contributed by atoms with Gasteiger partial charge in [-0.3, -0.25) is 9.59 Å². The standard InChI is InChI=1S/C25H26ClN5O4S/c1-4-34-21-12-18(13-27-31-23(33)15-36-25-28-16(2)10-17(3)29-25)11-20(26)24(21)35-14-22(32)30-19-8-6-5-7-9-19/h5-13H,4,14-15H2,1-3H3,(H,30,32)(H,31,33)/b27-13-. The summed E-state index contributed by atoms with van der Waals surface area (Å²) in [7, 11) is 0. The number of hydrogen-bond donors (Lipinski definition) is 2. The van der Waals surface area contributed by atoms with Crippen LogP contribution in [0.4, 0.5) is 5.69 Å². The highest BCUT2D eigenvalue weighted by atomic mass is 35.5. The quantitative estimate of drug-likeness (QED) is 0.164. The molecule has 2 N–H and O–H groups in total. The van der Waals surface area contributed by atoms with Crippen LogP contribution in [0, 0.1) is 13.8 Å². The molecular weight excluding hydrogens is 502 g/mol. The van der Waals surface area contributed by atoms with Crippen LogP contribution in [0.1, 0.15) is 23.9 Å². The molecule has 0 saturated carbocycles. The maximum Gasteiger partial charge on any atom is 0.262 e. The van der Waals surface area contributed by atoms with E-state index in [-0.39, 0.29) is 34.9 Å². The first-order valence-corrected chi connectivity index (χ1v) is 12.4. The van der Waals surface area contributed by atoms with Gasteiger partial charge in [-0.25, -0.2) is 15.4 Å². The van der Waals surface area contributed by atoms with Gasteiger partial charge in [0.15, 0.2) is 23.3 Å². The van der Waals surface area contributed by atoms with E-state index in [1.807, 2.05) is 45.0 Å². The summed E-state index contributed by atoms with van der Waals surface area (Å²) in [4.78, 5) is 32.9. The van der Waals surface area contributed by atoms with Gasteiger partial charge in [0.25, 0.3) is 11.8 Å². The number of nitrogens with zero attached hydrogens (tertiary/aromatic N) is 3. The summed E-state index contributed by atoms with van der Waals surface area (Å²) in [6.07, 6.45) is 1.44. The summed E-state index contributed by atoms with van der Waals surface area (Å²) in [6, 6.07) is 14.2. The van der Waals surface area contributed by atoms with E-state index in [9.17, 15) is 9.59 Å². The van der Waals surface area contributed by atoms with E-state index in [0.29, 0.717) is 28.8 Å². The van der Waals surface area contributed by atoms with Crippen molar-refractivity contribution >= 4 is 47.1 Å². The van der Waals surface area contributed by atoms with Crippen LogP contribution in [-0.2, 0) is 9.59 Å². The average molecular weight is 528 g/mol. The maximum atomic E-state index is 12.2. The van der Waals surface area contributed by atoms with Crippen molar-refractivity contribution in [2.45, 2.75) is 25.9 Å². The molecule has 3 rings (SSSR count). The average Bonchev–Trinajstić information content (AvgIpc) is 2.82. The molecule has 0 fully saturated rings. The molecule has 0 unspecified atom stereocenters. The van der Waals surface area contributed by atoms with Crippen LogP contribution < -0.4 is 20.2 Å². The molecule has 1 heterocycles. The number of aryl methyl sites for hydroxylation is 2. The van der Waals surface area contributed by atoms with Crippen LogP contribution in [0.25, 0.3) is 0 Å². The molecule has 0 saturated heterocycles. The lowest BCUT2D eigenvalue weighted by Crippen LogP contribution is -2.20. The lowest BCUT2D eigenvalue weighted by Gasteiger charge is -2.14. The molecule has 0 bridgehead atoms. The number of ether oxygens (including phenoxy) is 2. The normalized spacial score (nSPS) is 10.8. The van der Waals surface area contributed by atoms with E-state index >= 15 is 0 Å². The molecule has 2 aromatic carbocycles. The number of benzene rings is 2. The first-order chi connectivity index (χ1) is 17.3. The van der Waals surface area contributed by atoms with Crippen LogP contribution in [0.2, 0.25) is 5.02 Å². The van der Waals surface area contributed by atoms with Gasteiger partial charge in [0.05, 0.1) is 23.6 Å². The van der Waals surface area contributed by atoms with Crippen LogP contribution in [0.3, 0.4) is 0 Å². The highest BCUT2D eigenvalue weighted by Gasteiger charge is 2.14. The third-order valence-corrected chi connectivity index (χ3v) is 5.56. The van der Waals surface area contributed by atoms with Crippen molar-refractivity contribution in [3.8, 4) is 11.5 Å². The van der Waals surface area contributed by atoms with Gasteiger partial charge in [0.2, 0.25) is 0 Å². The zero-order valence-corrected chi connectivity index (χ0v) is 21.7. The lowest BCUT2D eigenvalue weighted by molar-refractivity contribution is -0.119. The largest absolute Gasteiger partial charge is 0.490 e. The van der Waals surface area contributed by atoms with Gasteiger partial charge >= 0.3 is 0 Å². The molecule has 1 aromatic heterocycles. The van der Waals surface area contributed by atoms with E-state index in [0.717, 1.165) is 11.4 Å². The zero-order valence-electron chi connectivity index (χ0n) is 20.1. The lowest BCUT2D eigenvalue weighted by atomic mass is 10.2. The fourth-order valence-corrected chi connectivity index (χ4v) is 4.04. The molecule has 9 nitrogen and oxygen atoms in total. The topological polar surface area (TPSA) is 115 Å². The van der Waals surface area contributed by atoms with Gasteiger partial charge in [-0.15, -0.1) is 0 Å². The summed E-state index contributed by atoms with van der Waals surface area (Å²) < 4.78 is 11.3. The van der Waals surface area contributed by atoms with Crippen molar-refractivity contribution in [2.75, 3.05) is 24.3 Å². The number of carbonyl (C=O) groups excluding carboxylic acids is 2. The van der Waals surface area contributed by atoms with E-state index in [1.165, 1.54) is 18.0 Å². The molecule has 36 heavy (non-hydrogen) atoms. The Morgan fingerprint density at radius 2 is 1.78 bits per heavy atom. The summed E-state index contributed by atoms with van der Waals surface area (Å²) >= 11 is 7.62. The Hall–Kier alpha value is -3.63. The second-order valence-electron chi connectivity index (χ2n) is 7.48. The number of aromatic nitrogens is 2. The Labute approximate surface area is 218 Å². The Balaban J connectivity index is 1.57. The minimum atomic E-state index is -0.336. The van der Waals surface area contributed by atoms with Crippen LogP contribution >= 0.6 is 23.4 Å². The number of hydrazone groups is 1. The number of anilines is 1. The Kier molecular flexibility index (Phi) is 10.1. The van der Waals surface area contributed by atoms with Crippen molar-refractivity contribution in [1.29, 1.82) is 0 Å². The first kappa shape index (κ1) is 27.0. The molecule has 0 aliphatic carbocycles. The van der Waals surface area contributed by atoms with Gasteiger partial charge in [-0.1, -0.05) is 41.6 Å². The summed E-state index contributed by atoms with van der Waals surface area (Å²) in [5.74, 6) is 0.0699. The first-order valence-electron chi connectivity index (χ1n) is 11.0. The smallest absolute Gasteiger partial charge is 0.262 e. The van der Waals surface area contributed by atoms with Gasteiger partial charge in [0, 0.05) is 17.1 Å². The number of thioether (sulfide) groups is 1. The number of hydrogen-bond acceptors (Lipinski definition) is 8. The third kappa shape index (κ3) is 8.54. The Morgan fingerprint density at radius 3 is 2.47 bits per heavy atom. The van der Waals surface area contributed by atoms with Crippen molar-refractivity contribution in [2.24, 2.45) is 5.10 Å². The molecule has 0 atom stereocenters. The molecule has 11 heteroatoms.